The minimum Gasteiger partial charge on any atom is -0.480 e. The van der Waals surface area contributed by atoms with Crippen molar-refractivity contribution in [2.45, 2.75) is 57.6 Å². The van der Waals surface area contributed by atoms with Gasteiger partial charge >= 0.3 is 5.97 Å². The summed E-state index contributed by atoms with van der Waals surface area (Å²) in [5.41, 5.74) is 0. The van der Waals surface area contributed by atoms with Crippen molar-refractivity contribution in [2.24, 2.45) is 0 Å². The summed E-state index contributed by atoms with van der Waals surface area (Å²) in [5, 5.41) is 11.5. The van der Waals surface area contributed by atoms with E-state index in [-0.39, 0.29) is 5.91 Å². The molecule has 0 bridgehead atoms. The maximum absolute atomic E-state index is 11.8. The van der Waals surface area contributed by atoms with Gasteiger partial charge in [-0.15, -0.1) is 0 Å². The Hall–Kier alpha value is -1.10. The number of carboxylic acids is 1. The molecule has 98 valence electrons. The summed E-state index contributed by atoms with van der Waals surface area (Å²) >= 11 is 0. The van der Waals surface area contributed by atoms with E-state index in [9.17, 15) is 9.59 Å². The number of hydrogen-bond acceptors (Lipinski definition) is 3. The molecular formula is C12H21NO4. The number of rotatable bonds is 6. The van der Waals surface area contributed by atoms with E-state index in [2.05, 4.69) is 5.32 Å². The molecule has 5 nitrogen and oxygen atoms in total. The summed E-state index contributed by atoms with van der Waals surface area (Å²) in [6.07, 6.45) is 4.35. The van der Waals surface area contributed by atoms with Crippen molar-refractivity contribution >= 4 is 11.9 Å². The van der Waals surface area contributed by atoms with Gasteiger partial charge in [0.15, 0.2) is 0 Å². The fourth-order valence-corrected chi connectivity index (χ4v) is 1.88. The van der Waals surface area contributed by atoms with Crippen LogP contribution in [0.2, 0.25) is 0 Å². The van der Waals surface area contributed by atoms with Crippen LogP contribution in [0.1, 0.15) is 45.4 Å². The second-order valence-electron chi connectivity index (χ2n) is 4.40. The molecule has 1 saturated heterocycles. The molecule has 1 unspecified atom stereocenters. The fraction of sp³-hybridized carbons (Fsp3) is 0.833. The molecule has 0 aromatic carbocycles. The number of carbonyl (C=O) groups is 2. The van der Waals surface area contributed by atoms with Gasteiger partial charge in [-0.05, 0) is 25.7 Å². The first-order valence-electron chi connectivity index (χ1n) is 6.30. The third-order valence-corrected chi connectivity index (χ3v) is 2.93. The van der Waals surface area contributed by atoms with Crippen LogP contribution in [-0.4, -0.2) is 35.7 Å². The van der Waals surface area contributed by atoms with Crippen molar-refractivity contribution < 1.29 is 19.4 Å². The molecule has 1 amide bonds. The molecule has 0 aromatic rings. The predicted octanol–water partition coefficient (Wildman–Crippen LogP) is 1.32. The van der Waals surface area contributed by atoms with Gasteiger partial charge in [-0.3, -0.25) is 4.79 Å². The highest BCUT2D eigenvalue weighted by Gasteiger charge is 2.26. The standard InChI is InChI=1S/C12H21NO4/c1-2-3-6-9(12(15)16)13-11(14)10-7-4-5-8-17-10/h9-10H,2-8H2,1H3,(H,13,14)(H,15,16)/t9-,10?/m0/s1. The number of aliphatic carboxylic acids is 1. The van der Waals surface area contributed by atoms with Crippen LogP contribution in [0.4, 0.5) is 0 Å². The van der Waals surface area contributed by atoms with Gasteiger partial charge in [0.25, 0.3) is 0 Å². The molecule has 1 heterocycles. The highest BCUT2D eigenvalue weighted by Crippen LogP contribution is 2.13. The van der Waals surface area contributed by atoms with Crippen molar-refractivity contribution in [3.05, 3.63) is 0 Å². The van der Waals surface area contributed by atoms with Gasteiger partial charge in [0.05, 0.1) is 0 Å². The van der Waals surface area contributed by atoms with Crippen molar-refractivity contribution in [2.75, 3.05) is 6.61 Å². The molecule has 0 spiro atoms. The molecule has 0 saturated carbocycles. The zero-order valence-corrected chi connectivity index (χ0v) is 10.3. The van der Waals surface area contributed by atoms with E-state index >= 15 is 0 Å². The van der Waals surface area contributed by atoms with Gasteiger partial charge in [-0.25, -0.2) is 4.79 Å². The summed E-state index contributed by atoms with van der Waals surface area (Å²) in [6.45, 7) is 2.58. The molecule has 5 heteroatoms. The lowest BCUT2D eigenvalue weighted by molar-refractivity contribution is -0.145. The van der Waals surface area contributed by atoms with Gasteiger partial charge in [0, 0.05) is 6.61 Å². The summed E-state index contributed by atoms with van der Waals surface area (Å²) in [5.74, 6) is -1.25. The number of hydrogen-bond donors (Lipinski definition) is 2. The van der Waals surface area contributed by atoms with E-state index in [4.69, 9.17) is 9.84 Å². The molecule has 2 atom stereocenters. The van der Waals surface area contributed by atoms with E-state index in [1.165, 1.54) is 0 Å². The Bertz CT molecular complexity index is 261. The lowest BCUT2D eigenvalue weighted by atomic mass is 10.1. The minimum absolute atomic E-state index is 0.284. The molecule has 1 fully saturated rings. The van der Waals surface area contributed by atoms with Crippen LogP contribution in [0.25, 0.3) is 0 Å². The Morgan fingerprint density at radius 3 is 2.76 bits per heavy atom. The molecule has 0 radical (unpaired) electrons. The van der Waals surface area contributed by atoms with E-state index in [1.54, 1.807) is 0 Å². The summed E-state index contributed by atoms with van der Waals surface area (Å²) in [6, 6.07) is -0.784. The molecule has 0 aliphatic carbocycles. The van der Waals surface area contributed by atoms with Crippen LogP contribution < -0.4 is 5.32 Å². The SMILES string of the molecule is CCCC[C@H](NC(=O)C1CCCCO1)C(=O)O. The van der Waals surface area contributed by atoms with Crippen molar-refractivity contribution in [3.63, 3.8) is 0 Å². The van der Waals surface area contributed by atoms with E-state index in [1.807, 2.05) is 6.92 Å². The van der Waals surface area contributed by atoms with Gasteiger partial charge in [-0.1, -0.05) is 19.8 Å². The minimum atomic E-state index is -0.970. The first-order valence-corrected chi connectivity index (χ1v) is 6.30. The second-order valence-corrected chi connectivity index (χ2v) is 4.40. The first-order chi connectivity index (χ1) is 8.15. The van der Waals surface area contributed by atoms with Crippen LogP contribution in [-0.2, 0) is 14.3 Å². The van der Waals surface area contributed by atoms with Gasteiger partial charge in [0.2, 0.25) is 5.91 Å². The Balaban J connectivity index is 2.42. The van der Waals surface area contributed by atoms with Crippen molar-refractivity contribution in [1.82, 2.24) is 5.32 Å². The molecule has 17 heavy (non-hydrogen) atoms. The number of ether oxygens (including phenoxy) is 1. The Morgan fingerprint density at radius 2 is 2.24 bits per heavy atom. The average molecular weight is 243 g/mol. The van der Waals surface area contributed by atoms with Crippen LogP contribution in [0.15, 0.2) is 0 Å². The molecule has 0 aromatic heterocycles. The first kappa shape index (κ1) is 14.0. The second kappa shape index (κ2) is 7.27. The van der Waals surface area contributed by atoms with Gasteiger partial charge in [0.1, 0.15) is 12.1 Å². The highest BCUT2D eigenvalue weighted by atomic mass is 16.5. The molecule has 1 aliphatic heterocycles. The topological polar surface area (TPSA) is 75.6 Å². The third-order valence-electron chi connectivity index (χ3n) is 2.93. The maximum Gasteiger partial charge on any atom is 0.326 e. The highest BCUT2D eigenvalue weighted by molar-refractivity contribution is 5.86. The van der Waals surface area contributed by atoms with Gasteiger partial charge < -0.3 is 15.2 Å². The Morgan fingerprint density at radius 1 is 1.47 bits per heavy atom. The number of amides is 1. The van der Waals surface area contributed by atoms with E-state index < -0.39 is 18.1 Å². The van der Waals surface area contributed by atoms with Crippen LogP contribution in [0, 0.1) is 0 Å². The lowest BCUT2D eigenvalue weighted by Gasteiger charge is -2.23. The van der Waals surface area contributed by atoms with Gasteiger partial charge in [-0.2, -0.15) is 0 Å². The summed E-state index contributed by atoms with van der Waals surface area (Å²) in [7, 11) is 0. The summed E-state index contributed by atoms with van der Waals surface area (Å²) in [4.78, 5) is 22.7. The number of nitrogens with one attached hydrogen (secondary N) is 1. The van der Waals surface area contributed by atoms with Crippen LogP contribution >= 0.6 is 0 Å². The van der Waals surface area contributed by atoms with Crippen molar-refractivity contribution in [3.8, 4) is 0 Å². The number of unbranched alkanes of at least 4 members (excludes halogenated alkanes) is 1. The summed E-state index contributed by atoms with van der Waals surface area (Å²) < 4.78 is 5.32. The molecule has 2 N–H and O–H groups in total. The Kier molecular flexibility index (Phi) is 5.97. The molecular weight excluding hydrogens is 222 g/mol. The van der Waals surface area contributed by atoms with Crippen LogP contribution in [0.5, 0.6) is 0 Å². The zero-order chi connectivity index (χ0) is 12.7. The normalized spacial score (nSPS) is 21.8. The lowest BCUT2D eigenvalue weighted by Crippen LogP contribution is -2.47. The fourth-order valence-electron chi connectivity index (χ4n) is 1.88. The quantitative estimate of drug-likeness (QED) is 0.737. The van der Waals surface area contributed by atoms with E-state index in [0.717, 1.165) is 25.7 Å². The average Bonchev–Trinajstić information content (AvgIpc) is 2.35. The largest absolute Gasteiger partial charge is 0.480 e. The third kappa shape index (κ3) is 4.73. The maximum atomic E-state index is 11.8. The van der Waals surface area contributed by atoms with Crippen molar-refractivity contribution in [1.29, 1.82) is 0 Å². The predicted molar refractivity (Wildman–Crippen MR) is 62.7 cm³/mol. The smallest absolute Gasteiger partial charge is 0.326 e. The number of carboxylic acid groups (broad SMARTS) is 1. The zero-order valence-electron chi connectivity index (χ0n) is 10.3. The Labute approximate surface area is 102 Å². The van der Waals surface area contributed by atoms with E-state index in [0.29, 0.717) is 19.4 Å². The number of carbonyl (C=O) groups excluding carboxylic acids is 1. The van der Waals surface area contributed by atoms with Crippen LogP contribution in [0.3, 0.4) is 0 Å². The molecule has 1 rings (SSSR count). The molecule has 1 aliphatic rings. The monoisotopic (exact) mass is 243 g/mol.